The predicted molar refractivity (Wildman–Crippen MR) is 55.8 cm³/mol. The van der Waals surface area contributed by atoms with Gasteiger partial charge in [-0.05, 0) is 6.42 Å². The first-order valence-electron chi connectivity index (χ1n) is 3.99. The zero-order valence-corrected chi connectivity index (χ0v) is 8.56. The molecule has 5 N–H and O–H groups in total. The third-order valence-electron chi connectivity index (χ3n) is 1.27. The second-order valence-corrected chi connectivity index (χ2v) is 2.36. The maximum atomic E-state index is 10.7. The molecule has 0 aliphatic rings. The van der Waals surface area contributed by atoms with E-state index in [-0.39, 0.29) is 24.3 Å². The molecule has 1 amide bonds. The van der Waals surface area contributed by atoms with Crippen LogP contribution in [0.15, 0.2) is 4.99 Å². The van der Waals surface area contributed by atoms with Gasteiger partial charge in [-0.15, -0.1) is 12.4 Å². The highest BCUT2D eigenvalue weighted by Gasteiger charge is 1.93. The number of aliphatic imine (C=N–C) groups is 1. The van der Waals surface area contributed by atoms with Gasteiger partial charge in [0.2, 0.25) is 5.91 Å². The quantitative estimate of drug-likeness (QED) is 0.326. The molecule has 0 spiro atoms. The van der Waals surface area contributed by atoms with E-state index in [0.29, 0.717) is 19.5 Å². The maximum Gasteiger partial charge on any atom is 0.219 e. The Morgan fingerprint density at radius 1 is 1.46 bits per heavy atom. The van der Waals surface area contributed by atoms with Gasteiger partial charge in [-0.2, -0.15) is 0 Å². The normalized spacial score (nSPS) is 8.38. The Labute approximate surface area is 84.4 Å². The van der Waals surface area contributed by atoms with Gasteiger partial charge < -0.3 is 16.8 Å². The lowest BCUT2D eigenvalue weighted by Crippen LogP contribution is -2.25. The molecule has 0 radical (unpaired) electrons. The molecule has 0 aromatic heterocycles. The summed E-state index contributed by atoms with van der Waals surface area (Å²) < 4.78 is 0. The molecule has 0 saturated carbocycles. The monoisotopic (exact) mass is 208 g/mol. The van der Waals surface area contributed by atoms with Crippen molar-refractivity contribution in [2.45, 2.75) is 19.8 Å². The number of rotatable bonds is 5. The van der Waals surface area contributed by atoms with Crippen molar-refractivity contribution in [1.82, 2.24) is 5.32 Å². The number of guanidine groups is 1. The van der Waals surface area contributed by atoms with E-state index in [4.69, 9.17) is 11.5 Å². The largest absolute Gasteiger partial charge is 0.370 e. The van der Waals surface area contributed by atoms with Crippen molar-refractivity contribution in [1.29, 1.82) is 0 Å². The molecular formula is C7H17ClN4O. The number of nitrogens with zero attached hydrogens (tertiary/aromatic N) is 1. The molecule has 0 aromatic rings. The van der Waals surface area contributed by atoms with Crippen molar-refractivity contribution in [2.24, 2.45) is 16.5 Å². The topological polar surface area (TPSA) is 93.5 Å². The Bertz CT molecular complexity index is 168. The SMILES string of the molecule is CCC(=O)NCCCN=C(N)N.Cl. The fourth-order valence-corrected chi connectivity index (χ4v) is 0.640. The first-order valence-corrected chi connectivity index (χ1v) is 3.99. The minimum Gasteiger partial charge on any atom is -0.370 e. The molecule has 5 nitrogen and oxygen atoms in total. The van der Waals surface area contributed by atoms with Gasteiger partial charge in [0.05, 0.1) is 0 Å². The molecule has 0 aliphatic heterocycles. The van der Waals surface area contributed by atoms with Crippen LogP contribution in [0.2, 0.25) is 0 Å². The van der Waals surface area contributed by atoms with Gasteiger partial charge in [0.25, 0.3) is 0 Å². The van der Waals surface area contributed by atoms with Crippen LogP contribution >= 0.6 is 12.4 Å². The molecule has 0 heterocycles. The van der Waals surface area contributed by atoms with Gasteiger partial charge in [-0.25, -0.2) is 0 Å². The van der Waals surface area contributed by atoms with Crippen LogP contribution in [-0.4, -0.2) is 25.0 Å². The number of carbonyl (C=O) groups excluding carboxylic acids is 1. The first-order chi connectivity index (χ1) is 5.66. The zero-order chi connectivity index (χ0) is 9.40. The van der Waals surface area contributed by atoms with Gasteiger partial charge in [-0.3, -0.25) is 9.79 Å². The molecule has 13 heavy (non-hydrogen) atoms. The van der Waals surface area contributed by atoms with Gasteiger partial charge in [0.15, 0.2) is 5.96 Å². The summed E-state index contributed by atoms with van der Waals surface area (Å²) >= 11 is 0. The fraction of sp³-hybridized carbons (Fsp3) is 0.714. The number of nitrogens with two attached hydrogens (primary N) is 2. The van der Waals surface area contributed by atoms with Crippen LogP contribution in [-0.2, 0) is 4.79 Å². The van der Waals surface area contributed by atoms with Crippen molar-refractivity contribution < 1.29 is 4.79 Å². The Hall–Kier alpha value is -0.970. The molecule has 78 valence electrons. The highest BCUT2D eigenvalue weighted by atomic mass is 35.5. The average Bonchev–Trinajstić information content (AvgIpc) is 2.03. The molecule has 0 fully saturated rings. The van der Waals surface area contributed by atoms with E-state index in [1.54, 1.807) is 0 Å². The van der Waals surface area contributed by atoms with E-state index in [0.717, 1.165) is 6.42 Å². The van der Waals surface area contributed by atoms with Crippen LogP contribution in [0.1, 0.15) is 19.8 Å². The van der Waals surface area contributed by atoms with E-state index in [1.165, 1.54) is 0 Å². The van der Waals surface area contributed by atoms with Gasteiger partial charge in [0.1, 0.15) is 0 Å². The number of carbonyl (C=O) groups is 1. The van der Waals surface area contributed by atoms with Crippen molar-refractivity contribution in [3.05, 3.63) is 0 Å². The lowest BCUT2D eigenvalue weighted by atomic mass is 10.4. The Kier molecular flexibility index (Phi) is 10.2. The minimum absolute atomic E-state index is 0. The molecule has 0 rings (SSSR count). The number of hydrogen-bond donors (Lipinski definition) is 3. The van der Waals surface area contributed by atoms with E-state index in [1.807, 2.05) is 6.92 Å². The van der Waals surface area contributed by atoms with Crippen molar-refractivity contribution in [3.8, 4) is 0 Å². The second kappa shape index (κ2) is 9.12. The Morgan fingerprint density at radius 3 is 2.54 bits per heavy atom. The third kappa shape index (κ3) is 11.0. The second-order valence-electron chi connectivity index (χ2n) is 2.36. The molecular weight excluding hydrogens is 192 g/mol. The molecule has 0 aromatic carbocycles. The third-order valence-corrected chi connectivity index (χ3v) is 1.27. The van der Waals surface area contributed by atoms with E-state index in [2.05, 4.69) is 10.3 Å². The number of halogens is 1. The summed E-state index contributed by atoms with van der Waals surface area (Å²) in [6.07, 6.45) is 1.28. The van der Waals surface area contributed by atoms with Crippen LogP contribution < -0.4 is 16.8 Å². The number of nitrogens with one attached hydrogen (secondary N) is 1. The smallest absolute Gasteiger partial charge is 0.219 e. The number of amides is 1. The first kappa shape index (κ1) is 14.5. The summed E-state index contributed by atoms with van der Waals surface area (Å²) in [4.78, 5) is 14.5. The van der Waals surface area contributed by atoms with Crippen molar-refractivity contribution in [3.63, 3.8) is 0 Å². The molecule has 0 bridgehead atoms. The summed E-state index contributed by atoms with van der Waals surface area (Å²) in [6.45, 7) is 3.00. The summed E-state index contributed by atoms with van der Waals surface area (Å²) in [7, 11) is 0. The van der Waals surface area contributed by atoms with E-state index in [9.17, 15) is 4.79 Å². The zero-order valence-electron chi connectivity index (χ0n) is 7.75. The summed E-state index contributed by atoms with van der Waals surface area (Å²) in [5, 5.41) is 2.72. The lowest BCUT2D eigenvalue weighted by molar-refractivity contribution is -0.120. The molecule has 6 heteroatoms. The predicted octanol–water partition coefficient (Wildman–Crippen LogP) is -0.402. The maximum absolute atomic E-state index is 10.7. The Morgan fingerprint density at radius 2 is 2.08 bits per heavy atom. The highest BCUT2D eigenvalue weighted by molar-refractivity contribution is 5.85. The average molecular weight is 209 g/mol. The fourth-order valence-electron chi connectivity index (χ4n) is 0.640. The lowest BCUT2D eigenvalue weighted by Gasteiger charge is -2.00. The molecule has 0 atom stereocenters. The molecule has 0 aliphatic carbocycles. The summed E-state index contributed by atoms with van der Waals surface area (Å²) in [6, 6.07) is 0. The van der Waals surface area contributed by atoms with Gasteiger partial charge in [-0.1, -0.05) is 6.92 Å². The van der Waals surface area contributed by atoms with Crippen molar-refractivity contribution >= 4 is 24.3 Å². The Balaban J connectivity index is 0. The van der Waals surface area contributed by atoms with Crippen LogP contribution in [0.4, 0.5) is 0 Å². The summed E-state index contributed by atoms with van der Waals surface area (Å²) in [5.41, 5.74) is 10.2. The van der Waals surface area contributed by atoms with Crippen LogP contribution in [0.5, 0.6) is 0 Å². The molecule has 0 unspecified atom stereocenters. The van der Waals surface area contributed by atoms with E-state index >= 15 is 0 Å². The van der Waals surface area contributed by atoms with Crippen LogP contribution in [0.25, 0.3) is 0 Å². The highest BCUT2D eigenvalue weighted by Crippen LogP contribution is 1.80. The van der Waals surface area contributed by atoms with Crippen LogP contribution in [0, 0.1) is 0 Å². The summed E-state index contributed by atoms with van der Waals surface area (Å²) in [5.74, 6) is 0.150. The van der Waals surface area contributed by atoms with Gasteiger partial charge in [0, 0.05) is 19.5 Å². The number of hydrogen-bond acceptors (Lipinski definition) is 2. The van der Waals surface area contributed by atoms with Crippen molar-refractivity contribution in [2.75, 3.05) is 13.1 Å². The van der Waals surface area contributed by atoms with E-state index < -0.39 is 0 Å². The standard InChI is InChI=1S/C7H16N4O.ClH/c1-2-6(12)10-4-3-5-11-7(8)9;/h2-5H2,1H3,(H,10,12)(H4,8,9,11);1H. The van der Waals surface area contributed by atoms with Gasteiger partial charge >= 0.3 is 0 Å². The molecule has 0 saturated heterocycles. The van der Waals surface area contributed by atoms with Crippen LogP contribution in [0.3, 0.4) is 0 Å². The minimum atomic E-state index is 0.